The highest BCUT2D eigenvalue weighted by Crippen LogP contribution is 2.35. The zero-order valence-corrected chi connectivity index (χ0v) is 14.4. The van der Waals surface area contributed by atoms with E-state index in [0.717, 1.165) is 5.69 Å². The van der Waals surface area contributed by atoms with Crippen LogP contribution in [-0.4, -0.2) is 20.2 Å². The molecule has 3 rings (SSSR count). The molecule has 0 aliphatic rings. The second-order valence-corrected chi connectivity index (χ2v) is 7.43. The number of anilines is 1. The first kappa shape index (κ1) is 16.1. The van der Waals surface area contributed by atoms with E-state index in [2.05, 4.69) is 20.2 Å². The number of nitriles is 2. The SMILES string of the molecule is CC(C)c1nc2cc(C#N)c(C#N)cc2nc1Sc1nnc(N)s1. The zero-order valence-electron chi connectivity index (χ0n) is 12.8. The van der Waals surface area contributed by atoms with Gasteiger partial charge in [0, 0.05) is 0 Å². The molecule has 0 atom stereocenters. The lowest BCUT2D eigenvalue weighted by Gasteiger charge is -2.11. The van der Waals surface area contributed by atoms with E-state index >= 15 is 0 Å². The second kappa shape index (κ2) is 6.40. The molecule has 0 unspecified atom stereocenters. The minimum atomic E-state index is 0.135. The molecule has 0 saturated carbocycles. The number of benzene rings is 1. The third-order valence-electron chi connectivity index (χ3n) is 3.19. The molecule has 9 heteroatoms. The van der Waals surface area contributed by atoms with Gasteiger partial charge in [-0.05, 0) is 29.8 Å². The molecule has 3 aromatic rings. The summed E-state index contributed by atoms with van der Waals surface area (Å²) in [6.45, 7) is 4.03. The average Bonchev–Trinajstić information content (AvgIpc) is 2.97. The van der Waals surface area contributed by atoms with E-state index in [1.165, 1.54) is 23.1 Å². The van der Waals surface area contributed by atoms with E-state index in [1.54, 1.807) is 12.1 Å². The highest BCUT2D eigenvalue weighted by molar-refractivity contribution is 8.01. The van der Waals surface area contributed by atoms with Crippen molar-refractivity contribution in [2.24, 2.45) is 0 Å². The third kappa shape index (κ3) is 3.00. The third-order valence-corrected chi connectivity index (χ3v) is 4.99. The number of rotatable bonds is 3. The van der Waals surface area contributed by atoms with Crippen molar-refractivity contribution in [2.45, 2.75) is 29.1 Å². The Hall–Kier alpha value is -2.75. The van der Waals surface area contributed by atoms with Crippen molar-refractivity contribution in [3.63, 3.8) is 0 Å². The summed E-state index contributed by atoms with van der Waals surface area (Å²) in [4.78, 5) is 9.27. The maximum absolute atomic E-state index is 9.17. The molecule has 0 saturated heterocycles. The van der Waals surface area contributed by atoms with Gasteiger partial charge in [0.15, 0.2) is 4.34 Å². The molecular formula is C15H11N7S2. The lowest BCUT2D eigenvalue weighted by molar-refractivity contribution is 0.782. The first-order valence-electron chi connectivity index (χ1n) is 6.94. The van der Waals surface area contributed by atoms with Crippen LogP contribution in [0, 0.1) is 22.7 Å². The van der Waals surface area contributed by atoms with Gasteiger partial charge in [-0.3, -0.25) is 0 Å². The minimum Gasteiger partial charge on any atom is -0.374 e. The Morgan fingerprint density at radius 3 is 2.21 bits per heavy atom. The molecule has 24 heavy (non-hydrogen) atoms. The predicted octanol–water partition coefficient (Wildman–Crippen LogP) is 3.08. The van der Waals surface area contributed by atoms with Crippen molar-refractivity contribution in [3.8, 4) is 12.1 Å². The van der Waals surface area contributed by atoms with Gasteiger partial charge >= 0.3 is 0 Å². The van der Waals surface area contributed by atoms with Gasteiger partial charge in [0.2, 0.25) is 5.13 Å². The highest BCUT2D eigenvalue weighted by atomic mass is 32.2. The molecule has 0 spiro atoms. The van der Waals surface area contributed by atoms with Crippen molar-refractivity contribution in [3.05, 3.63) is 29.0 Å². The second-order valence-electron chi connectivity index (χ2n) is 5.19. The summed E-state index contributed by atoms with van der Waals surface area (Å²) in [6.07, 6.45) is 0. The largest absolute Gasteiger partial charge is 0.374 e. The summed E-state index contributed by atoms with van der Waals surface area (Å²) in [5.74, 6) is 0.135. The van der Waals surface area contributed by atoms with Crippen LogP contribution in [0.1, 0.15) is 36.6 Å². The molecule has 0 radical (unpaired) electrons. The number of nitrogens with zero attached hydrogens (tertiary/aromatic N) is 6. The molecule has 0 aliphatic heterocycles. The summed E-state index contributed by atoms with van der Waals surface area (Å²) in [7, 11) is 0. The quantitative estimate of drug-likeness (QED) is 0.761. The Bertz CT molecular complexity index is 1010. The first-order valence-corrected chi connectivity index (χ1v) is 8.58. The Morgan fingerprint density at radius 2 is 1.71 bits per heavy atom. The molecule has 2 heterocycles. The highest BCUT2D eigenvalue weighted by Gasteiger charge is 2.17. The fraction of sp³-hybridized carbons (Fsp3) is 0.200. The maximum atomic E-state index is 9.17. The van der Waals surface area contributed by atoms with E-state index < -0.39 is 0 Å². The Kier molecular flexibility index (Phi) is 4.30. The van der Waals surface area contributed by atoms with Crippen LogP contribution in [0.15, 0.2) is 21.5 Å². The van der Waals surface area contributed by atoms with E-state index in [-0.39, 0.29) is 11.5 Å². The molecule has 0 amide bonds. The number of aromatic nitrogens is 4. The summed E-state index contributed by atoms with van der Waals surface area (Å²) >= 11 is 2.62. The van der Waals surface area contributed by atoms with E-state index in [9.17, 15) is 5.26 Å². The molecule has 2 N–H and O–H groups in total. The number of nitrogens with two attached hydrogens (primary N) is 1. The smallest absolute Gasteiger partial charge is 0.203 e. The summed E-state index contributed by atoms with van der Waals surface area (Å²) in [6, 6.07) is 7.22. The van der Waals surface area contributed by atoms with Gasteiger partial charge in [0.1, 0.15) is 17.2 Å². The van der Waals surface area contributed by atoms with Crippen molar-refractivity contribution in [1.29, 1.82) is 10.5 Å². The summed E-state index contributed by atoms with van der Waals surface area (Å²) in [5, 5.41) is 27.2. The Balaban J connectivity index is 2.18. The zero-order chi connectivity index (χ0) is 17.3. The summed E-state index contributed by atoms with van der Waals surface area (Å²) in [5.41, 5.74) is 8.16. The molecule has 0 aliphatic carbocycles. The molecule has 118 valence electrons. The normalized spacial score (nSPS) is 10.7. The molecule has 7 nitrogen and oxygen atoms in total. The maximum Gasteiger partial charge on any atom is 0.203 e. The van der Waals surface area contributed by atoms with Crippen LogP contribution >= 0.6 is 23.1 Å². The predicted molar refractivity (Wildman–Crippen MR) is 91.5 cm³/mol. The number of nitrogen functional groups attached to an aromatic ring is 1. The van der Waals surface area contributed by atoms with Gasteiger partial charge < -0.3 is 5.73 Å². The lowest BCUT2D eigenvalue weighted by atomic mass is 10.1. The van der Waals surface area contributed by atoms with Gasteiger partial charge in [-0.25, -0.2) is 9.97 Å². The monoisotopic (exact) mass is 353 g/mol. The van der Waals surface area contributed by atoms with Gasteiger partial charge in [-0.2, -0.15) is 10.5 Å². The summed E-state index contributed by atoms with van der Waals surface area (Å²) < 4.78 is 0.678. The Labute approximate surface area is 146 Å². The van der Waals surface area contributed by atoms with E-state index in [1.807, 2.05) is 26.0 Å². The van der Waals surface area contributed by atoms with Crippen LogP contribution in [0.3, 0.4) is 0 Å². The van der Waals surface area contributed by atoms with Crippen LogP contribution < -0.4 is 5.73 Å². The van der Waals surface area contributed by atoms with Gasteiger partial charge in [0.25, 0.3) is 0 Å². The van der Waals surface area contributed by atoms with Crippen molar-refractivity contribution < 1.29 is 0 Å². The molecular weight excluding hydrogens is 342 g/mol. The van der Waals surface area contributed by atoms with Gasteiger partial charge in [-0.15, -0.1) is 10.2 Å². The minimum absolute atomic E-state index is 0.135. The molecule has 0 bridgehead atoms. The topological polar surface area (TPSA) is 125 Å². The van der Waals surface area contributed by atoms with Crippen molar-refractivity contribution in [2.75, 3.05) is 5.73 Å². The van der Waals surface area contributed by atoms with Crippen LogP contribution in [0.25, 0.3) is 11.0 Å². The van der Waals surface area contributed by atoms with Crippen molar-refractivity contribution in [1.82, 2.24) is 20.2 Å². The Morgan fingerprint density at radius 1 is 1.08 bits per heavy atom. The number of fused-ring (bicyclic) bond motifs is 1. The molecule has 2 aromatic heterocycles. The van der Waals surface area contributed by atoms with E-state index in [4.69, 9.17) is 11.0 Å². The fourth-order valence-corrected chi connectivity index (χ4v) is 3.86. The van der Waals surface area contributed by atoms with E-state index in [0.29, 0.717) is 31.1 Å². The van der Waals surface area contributed by atoms with Crippen LogP contribution in [-0.2, 0) is 0 Å². The number of hydrogen-bond donors (Lipinski definition) is 1. The molecule has 1 aromatic carbocycles. The number of hydrogen-bond acceptors (Lipinski definition) is 9. The fourth-order valence-electron chi connectivity index (χ4n) is 2.08. The van der Waals surface area contributed by atoms with Crippen LogP contribution in [0.5, 0.6) is 0 Å². The standard InChI is InChI=1S/C15H11N7S2/c1-7(2)12-13(23-15-22-21-14(18)24-15)20-11-4-9(6-17)8(5-16)3-10(11)19-12/h3-4,7H,1-2H3,(H2,18,21). The van der Waals surface area contributed by atoms with Gasteiger partial charge in [0.05, 0.1) is 27.9 Å². The van der Waals surface area contributed by atoms with Crippen molar-refractivity contribution >= 4 is 39.3 Å². The lowest BCUT2D eigenvalue weighted by Crippen LogP contribution is -2.01. The van der Waals surface area contributed by atoms with Gasteiger partial charge in [-0.1, -0.05) is 25.2 Å². The van der Waals surface area contributed by atoms with Crippen LogP contribution in [0.2, 0.25) is 0 Å². The average molecular weight is 353 g/mol. The first-order chi connectivity index (χ1) is 11.5. The van der Waals surface area contributed by atoms with Crippen LogP contribution in [0.4, 0.5) is 5.13 Å². The molecule has 0 fully saturated rings.